The monoisotopic (exact) mass is 237 g/mol. The van der Waals surface area contributed by atoms with Gasteiger partial charge in [-0.1, -0.05) is 0 Å². The van der Waals surface area contributed by atoms with E-state index in [0.717, 1.165) is 0 Å². The maximum absolute atomic E-state index is 9.04. The maximum Gasteiger partial charge on any atom is 0.0979 e. The normalized spacial score (nSPS) is 15.0. The summed E-state index contributed by atoms with van der Waals surface area (Å²) in [5.74, 6) is 0. The first-order chi connectivity index (χ1) is 7.76. The van der Waals surface area contributed by atoms with Crippen molar-refractivity contribution in [2.45, 2.75) is 12.1 Å². The van der Waals surface area contributed by atoms with Crippen LogP contribution in [0.25, 0.3) is 0 Å². The van der Waals surface area contributed by atoms with Crippen LogP contribution in [0, 0.1) is 0 Å². The van der Waals surface area contributed by atoms with Gasteiger partial charge in [-0.2, -0.15) is 0 Å². The Morgan fingerprint density at radius 3 is 2.31 bits per heavy atom. The van der Waals surface area contributed by atoms with Gasteiger partial charge in [0.05, 0.1) is 51.8 Å². The van der Waals surface area contributed by atoms with E-state index in [-0.39, 0.29) is 12.6 Å². The molecule has 0 amide bonds. The zero-order chi connectivity index (χ0) is 12.2. The number of ether oxygens (including phenoxy) is 4. The fourth-order valence-corrected chi connectivity index (χ4v) is 1.11. The highest BCUT2D eigenvalue weighted by Crippen LogP contribution is 1.97. The minimum atomic E-state index is -0.411. The van der Waals surface area contributed by atoms with Crippen LogP contribution >= 0.6 is 0 Å². The second-order valence-electron chi connectivity index (χ2n) is 3.32. The van der Waals surface area contributed by atoms with Gasteiger partial charge in [-0.05, 0) is 0 Å². The molecule has 0 aromatic rings. The van der Waals surface area contributed by atoms with Crippen LogP contribution in [-0.2, 0) is 18.9 Å². The van der Waals surface area contributed by atoms with Crippen molar-refractivity contribution in [3.8, 4) is 0 Å². The predicted molar refractivity (Wildman–Crippen MR) is 59.4 cm³/mol. The summed E-state index contributed by atoms with van der Waals surface area (Å²) in [5.41, 5.74) is 5.73. The first-order valence-corrected chi connectivity index (χ1v) is 5.29. The summed E-state index contributed by atoms with van der Waals surface area (Å²) >= 11 is 0. The molecule has 3 N–H and O–H groups in total. The minimum absolute atomic E-state index is 0.122. The molecule has 6 heteroatoms. The molecule has 2 atom stereocenters. The van der Waals surface area contributed by atoms with Crippen LogP contribution in [0.4, 0.5) is 0 Å². The van der Waals surface area contributed by atoms with Crippen LogP contribution in [0.15, 0.2) is 0 Å². The number of hydrogen-bond donors (Lipinski definition) is 2. The quantitative estimate of drug-likeness (QED) is 0.449. The molecule has 98 valence electrons. The molecule has 0 aliphatic carbocycles. The van der Waals surface area contributed by atoms with Gasteiger partial charge < -0.3 is 29.8 Å². The Morgan fingerprint density at radius 2 is 1.75 bits per heavy atom. The molecule has 0 fully saturated rings. The Labute approximate surface area is 96.6 Å². The zero-order valence-electron chi connectivity index (χ0n) is 10.1. The molecule has 0 radical (unpaired) electrons. The van der Waals surface area contributed by atoms with E-state index in [1.165, 1.54) is 0 Å². The van der Waals surface area contributed by atoms with E-state index in [9.17, 15) is 0 Å². The van der Waals surface area contributed by atoms with Gasteiger partial charge in [-0.15, -0.1) is 0 Å². The van der Waals surface area contributed by atoms with Crippen molar-refractivity contribution in [2.24, 2.45) is 5.73 Å². The number of rotatable bonds is 11. The summed E-state index contributed by atoms with van der Waals surface area (Å²) in [6.07, 6.45) is -0.411. The molecule has 0 aliphatic rings. The highest BCUT2D eigenvalue weighted by Gasteiger charge is 2.16. The number of aliphatic hydroxyl groups is 1. The van der Waals surface area contributed by atoms with Crippen LogP contribution in [-0.4, -0.2) is 71.1 Å². The zero-order valence-corrected chi connectivity index (χ0v) is 10.1. The average Bonchev–Trinajstić information content (AvgIpc) is 2.28. The Balaban J connectivity index is 3.47. The molecule has 0 bridgehead atoms. The van der Waals surface area contributed by atoms with Crippen molar-refractivity contribution in [2.75, 3.05) is 53.9 Å². The van der Waals surface area contributed by atoms with E-state index >= 15 is 0 Å². The van der Waals surface area contributed by atoms with Crippen molar-refractivity contribution in [1.82, 2.24) is 0 Å². The van der Waals surface area contributed by atoms with E-state index in [1.54, 1.807) is 14.2 Å². The van der Waals surface area contributed by atoms with Gasteiger partial charge in [0.2, 0.25) is 0 Å². The summed E-state index contributed by atoms with van der Waals surface area (Å²) in [6, 6.07) is -0.325. The molecule has 16 heavy (non-hydrogen) atoms. The first-order valence-electron chi connectivity index (χ1n) is 5.29. The third-order valence-corrected chi connectivity index (χ3v) is 2.01. The van der Waals surface area contributed by atoms with Gasteiger partial charge in [0.25, 0.3) is 0 Å². The molecule has 0 saturated carbocycles. The van der Waals surface area contributed by atoms with E-state index in [2.05, 4.69) is 0 Å². The lowest BCUT2D eigenvalue weighted by Gasteiger charge is -2.21. The SMILES string of the molecule is COCCOCCOC(CO)C(N)COC. The molecule has 0 aromatic carbocycles. The third-order valence-electron chi connectivity index (χ3n) is 2.01. The number of methoxy groups -OCH3 is 2. The Morgan fingerprint density at radius 1 is 1.06 bits per heavy atom. The van der Waals surface area contributed by atoms with Gasteiger partial charge >= 0.3 is 0 Å². The highest BCUT2D eigenvalue weighted by molar-refractivity contribution is 4.71. The van der Waals surface area contributed by atoms with Crippen LogP contribution < -0.4 is 5.73 Å². The lowest BCUT2D eigenvalue weighted by Crippen LogP contribution is -2.43. The van der Waals surface area contributed by atoms with E-state index in [1.807, 2.05) is 0 Å². The fraction of sp³-hybridized carbons (Fsp3) is 1.00. The first kappa shape index (κ1) is 15.8. The van der Waals surface area contributed by atoms with Crippen LogP contribution in [0.1, 0.15) is 0 Å². The Hall–Kier alpha value is -0.240. The van der Waals surface area contributed by atoms with Crippen LogP contribution in [0.2, 0.25) is 0 Å². The minimum Gasteiger partial charge on any atom is -0.394 e. The summed E-state index contributed by atoms with van der Waals surface area (Å²) < 4.78 is 20.3. The molecule has 2 unspecified atom stereocenters. The summed E-state index contributed by atoms with van der Waals surface area (Å²) in [4.78, 5) is 0. The molecule has 0 spiro atoms. The molecule has 0 saturated heterocycles. The van der Waals surface area contributed by atoms with Crippen molar-refractivity contribution in [3.05, 3.63) is 0 Å². The molecular weight excluding hydrogens is 214 g/mol. The van der Waals surface area contributed by atoms with Crippen molar-refractivity contribution in [3.63, 3.8) is 0 Å². The molecule has 6 nitrogen and oxygen atoms in total. The number of hydrogen-bond acceptors (Lipinski definition) is 6. The van der Waals surface area contributed by atoms with E-state index < -0.39 is 6.10 Å². The van der Waals surface area contributed by atoms with Gasteiger partial charge in [0.15, 0.2) is 0 Å². The van der Waals surface area contributed by atoms with Crippen LogP contribution in [0.3, 0.4) is 0 Å². The van der Waals surface area contributed by atoms with Crippen molar-refractivity contribution in [1.29, 1.82) is 0 Å². The predicted octanol–water partition coefficient (Wildman–Crippen LogP) is -0.999. The molecule has 0 rings (SSSR count). The maximum atomic E-state index is 9.04. The van der Waals surface area contributed by atoms with Gasteiger partial charge in [-0.25, -0.2) is 0 Å². The molecular formula is C10H23NO5. The molecule has 0 heterocycles. The van der Waals surface area contributed by atoms with Gasteiger partial charge in [0, 0.05) is 14.2 Å². The van der Waals surface area contributed by atoms with Crippen molar-refractivity contribution < 1.29 is 24.1 Å². The second-order valence-corrected chi connectivity index (χ2v) is 3.32. The smallest absolute Gasteiger partial charge is 0.0979 e. The fourth-order valence-electron chi connectivity index (χ4n) is 1.11. The van der Waals surface area contributed by atoms with E-state index in [4.69, 9.17) is 29.8 Å². The molecule has 0 aromatic heterocycles. The van der Waals surface area contributed by atoms with Gasteiger partial charge in [0.1, 0.15) is 0 Å². The number of nitrogens with two attached hydrogens (primary N) is 1. The lowest BCUT2D eigenvalue weighted by atomic mass is 10.2. The highest BCUT2D eigenvalue weighted by atomic mass is 16.5. The summed E-state index contributed by atoms with van der Waals surface area (Å²) in [7, 11) is 3.17. The second kappa shape index (κ2) is 11.3. The van der Waals surface area contributed by atoms with Gasteiger partial charge in [-0.3, -0.25) is 0 Å². The average molecular weight is 237 g/mol. The number of aliphatic hydroxyl groups excluding tert-OH is 1. The summed E-state index contributed by atoms with van der Waals surface area (Å²) in [5, 5.41) is 9.04. The van der Waals surface area contributed by atoms with E-state index in [0.29, 0.717) is 33.0 Å². The topological polar surface area (TPSA) is 83.2 Å². The lowest BCUT2D eigenvalue weighted by molar-refractivity contribution is -0.0445. The standard InChI is InChI=1S/C10H23NO5/c1-13-3-4-15-5-6-16-10(7-12)9(11)8-14-2/h9-10,12H,3-8,11H2,1-2H3. The Kier molecular flexibility index (Phi) is 11.1. The molecule has 0 aliphatic heterocycles. The largest absolute Gasteiger partial charge is 0.394 e. The third kappa shape index (κ3) is 7.98. The van der Waals surface area contributed by atoms with Crippen molar-refractivity contribution >= 4 is 0 Å². The summed E-state index contributed by atoms with van der Waals surface area (Å²) in [6.45, 7) is 2.19. The van der Waals surface area contributed by atoms with Crippen LogP contribution in [0.5, 0.6) is 0 Å². The Bertz CT molecular complexity index is 147.